The Morgan fingerprint density at radius 1 is 1.12 bits per heavy atom. The quantitative estimate of drug-likeness (QED) is 0.516. The fourth-order valence-corrected chi connectivity index (χ4v) is 3.70. The number of nitrogens with two attached hydrogens (primary N) is 1. The third kappa shape index (κ3) is 7.68. The monoisotopic (exact) mass is 356 g/mol. The molecular formula is C24H40N2. The van der Waals surface area contributed by atoms with Gasteiger partial charge in [0.05, 0.1) is 5.82 Å². The molecule has 0 aliphatic heterocycles. The van der Waals surface area contributed by atoms with E-state index in [1.54, 1.807) is 0 Å². The van der Waals surface area contributed by atoms with Crippen molar-refractivity contribution in [2.45, 2.75) is 66.7 Å². The lowest BCUT2D eigenvalue weighted by molar-refractivity contribution is 0.338. The molecule has 0 aromatic heterocycles. The van der Waals surface area contributed by atoms with E-state index < -0.39 is 0 Å². The molecule has 3 N–H and O–H groups in total. The van der Waals surface area contributed by atoms with Crippen LogP contribution in [-0.2, 0) is 12.8 Å². The van der Waals surface area contributed by atoms with Gasteiger partial charge in [0.25, 0.3) is 0 Å². The molecule has 0 amide bonds. The van der Waals surface area contributed by atoms with Crippen molar-refractivity contribution in [1.82, 2.24) is 5.32 Å². The molecule has 0 spiro atoms. The van der Waals surface area contributed by atoms with Crippen molar-refractivity contribution < 1.29 is 0 Å². The van der Waals surface area contributed by atoms with Gasteiger partial charge in [-0.25, -0.2) is 0 Å². The highest BCUT2D eigenvalue weighted by Crippen LogP contribution is 2.26. The van der Waals surface area contributed by atoms with Crippen LogP contribution in [0.2, 0.25) is 0 Å². The zero-order chi connectivity index (χ0) is 19.7. The minimum absolute atomic E-state index is 0.689. The third-order valence-corrected chi connectivity index (χ3v) is 5.40. The van der Waals surface area contributed by atoms with Gasteiger partial charge in [0.1, 0.15) is 0 Å². The first-order valence-corrected chi connectivity index (χ1v) is 10.2. The van der Waals surface area contributed by atoms with Gasteiger partial charge in [-0.1, -0.05) is 64.5 Å². The van der Waals surface area contributed by atoms with Crippen molar-refractivity contribution in [3.05, 3.63) is 53.4 Å². The van der Waals surface area contributed by atoms with E-state index in [9.17, 15) is 0 Å². The van der Waals surface area contributed by atoms with Crippen molar-refractivity contribution in [2.24, 2.45) is 23.5 Å². The number of hydrogen-bond donors (Lipinski definition) is 2. The molecule has 1 aromatic carbocycles. The lowest BCUT2D eigenvalue weighted by Gasteiger charge is -2.21. The van der Waals surface area contributed by atoms with E-state index in [-0.39, 0.29) is 0 Å². The summed E-state index contributed by atoms with van der Waals surface area (Å²) in [4.78, 5) is 0. The van der Waals surface area contributed by atoms with Crippen LogP contribution in [0.4, 0.5) is 0 Å². The second kappa shape index (κ2) is 11.1. The van der Waals surface area contributed by atoms with Crippen LogP contribution in [0.25, 0.3) is 5.57 Å². The molecule has 0 aliphatic rings. The van der Waals surface area contributed by atoms with Gasteiger partial charge in [0.15, 0.2) is 0 Å². The second-order valence-corrected chi connectivity index (χ2v) is 8.28. The first-order valence-electron chi connectivity index (χ1n) is 10.2. The molecule has 1 rings (SSSR count). The summed E-state index contributed by atoms with van der Waals surface area (Å²) in [7, 11) is 1.86. The molecule has 146 valence electrons. The Kier molecular flexibility index (Phi) is 9.54. The number of allylic oxidation sites excluding steroid dienone is 2. The number of rotatable bonds is 11. The minimum Gasteiger partial charge on any atom is -0.386 e. The predicted octanol–water partition coefficient (Wildman–Crippen LogP) is 5.92. The summed E-state index contributed by atoms with van der Waals surface area (Å²) >= 11 is 0. The molecule has 26 heavy (non-hydrogen) atoms. The van der Waals surface area contributed by atoms with Crippen LogP contribution >= 0.6 is 0 Å². The standard InChI is InChI=1S/C24H40N2/c1-8-18(4)13-19(5)14-20(6)15-22-10-9-21(17(2)3)16-23(22)11-12-24(25)26-7/h9-10,12,16,18-20,26H,2,8,11,13-15,25H2,1,3-7H3/b24-12-. The molecule has 0 heterocycles. The highest BCUT2D eigenvalue weighted by Gasteiger charge is 2.14. The number of benzene rings is 1. The summed E-state index contributed by atoms with van der Waals surface area (Å²) < 4.78 is 0. The molecule has 2 nitrogen and oxygen atoms in total. The zero-order valence-corrected chi connectivity index (χ0v) is 17.9. The van der Waals surface area contributed by atoms with Crippen molar-refractivity contribution in [3.63, 3.8) is 0 Å². The van der Waals surface area contributed by atoms with E-state index in [1.807, 2.05) is 7.05 Å². The average Bonchev–Trinajstić information content (AvgIpc) is 2.59. The highest BCUT2D eigenvalue weighted by molar-refractivity contribution is 5.62. The SMILES string of the molecule is C=C(C)c1ccc(CC(C)CC(C)CC(C)CC)c(C/C=C(/N)NC)c1. The molecule has 2 heteroatoms. The fraction of sp³-hybridized carbons (Fsp3) is 0.583. The van der Waals surface area contributed by atoms with E-state index in [1.165, 1.54) is 36.0 Å². The number of nitrogens with one attached hydrogen (secondary N) is 1. The largest absolute Gasteiger partial charge is 0.386 e. The highest BCUT2D eigenvalue weighted by atomic mass is 14.9. The third-order valence-electron chi connectivity index (χ3n) is 5.40. The fourth-order valence-electron chi connectivity index (χ4n) is 3.70. The van der Waals surface area contributed by atoms with Gasteiger partial charge in [0, 0.05) is 7.05 Å². The smallest absolute Gasteiger partial charge is 0.0919 e. The van der Waals surface area contributed by atoms with Gasteiger partial charge in [-0.2, -0.15) is 0 Å². The summed E-state index contributed by atoms with van der Waals surface area (Å²) in [6, 6.07) is 6.78. The van der Waals surface area contributed by atoms with Crippen LogP contribution in [0.3, 0.4) is 0 Å². The molecule has 0 radical (unpaired) electrons. The van der Waals surface area contributed by atoms with Crippen LogP contribution in [0.1, 0.15) is 70.6 Å². The Balaban J connectivity index is 2.87. The first-order chi connectivity index (χ1) is 12.3. The molecule has 0 saturated carbocycles. The Labute approximate surface area is 162 Å². The van der Waals surface area contributed by atoms with E-state index >= 15 is 0 Å². The van der Waals surface area contributed by atoms with Crippen LogP contribution < -0.4 is 11.1 Å². The van der Waals surface area contributed by atoms with E-state index in [2.05, 4.69) is 70.8 Å². The molecule has 0 saturated heterocycles. The maximum Gasteiger partial charge on any atom is 0.0919 e. The van der Waals surface area contributed by atoms with Crippen molar-refractivity contribution >= 4 is 5.57 Å². The van der Waals surface area contributed by atoms with Crippen LogP contribution in [-0.4, -0.2) is 7.05 Å². The maximum atomic E-state index is 5.93. The van der Waals surface area contributed by atoms with Gasteiger partial charge in [-0.3, -0.25) is 0 Å². The Bertz CT molecular complexity index is 600. The molecule has 0 bridgehead atoms. The molecule has 1 aromatic rings. The van der Waals surface area contributed by atoms with Crippen LogP contribution in [0.5, 0.6) is 0 Å². The molecule has 0 fully saturated rings. The second-order valence-electron chi connectivity index (χ2n) is 8.28. The first kappa shape index (κ1) is 22.3. The lowest BCUT2D eigenvalue weighted by atomic mass is 9.84. The molecule has 3 unspecified atom stereocenters. The number of hydrogen-bond acceptors (Lipinski definition) is 2. The van der Waals surface area contributed by atoms with Crippen molar-refractivity contribution in [2.75, 3.05) is 7.05 Å². The van der Waals surface area contributed by atoms with Gasteiger partial charge >= 0.3 is 0 Å². The summed E-state index contributed by atoms with van der Waals surface area (Å²) in [5.74, 6) is 3.04. The lowest BCUT2D eigenvalue weighted by Crippen LogP contribution is -2.15. The van der Waals surface area contributed by atoms with Crippen LogP contribution in [0, 0.1) is 17.8 Å². The van der Waals surface area contributed by atoms with Gasteiger partial charge in [-0.05, 0) is 73.1 Å². The van der Waals surface area contributed by atoms with Gasteiger partial charge < -0.3 is 11.1 Å². The van der Waals surface area contributed by atoms with Crippen molar-refractivity contribution in [3.8, 4) is 0 Å². The van der Waals surface area contributed by atoms with E-state index in [0.29, 0.717) is 5.92 Å². The van der Waals surface area contributed by atoms with E-state index in [4.69, 9.17) is 5.73 Å². The van der Waals surface area contributed by atoms with Gasteiger partial charge in [-0.15, -0.1) is 0 Å². The average molecular weight is 357 g/mol. The summed E-state index contributed by atoms with van der Waals surface area (Å²) in [5.41, 5.74) is 11.1. The molecule has 0 aliphatic carbocycles. The Morgan fingerprint density at radius 2 is 1.77 bits per heavy atom. The molecule has 3 atom stereocenters. The Hall–Kier alpha value is -1.70. The summed E-state index contributed by atoms with van der Waals surface area (Å²) in [6.45, 7) is 15.6. The summed E-state index contributed by atoms with van der Waals surface area (Å²) in [5, 5.41) is 3.00. The Morgan fingerprint density at radius 3 is 2.35 bits per heavy atom. The van der Waals surface area contributed by atoms with E-state index in [0.717, 1.165) is 36.1 Å². The minimum atomic E-state index is 0.689. The van der Waals surface area contributed by atoms with Crippen molar-refractivity contribution in [1.29, 1.82) is 0 Å². The normalized spacial score (nSPS) is 15.4. The molecular weight excluding hydrogens is 316 g/mol. The summed E-state index contributed by atoms with van der Waals surface area (Å²) in [6.07, 6.45) is 7.97. The topological polar surface area (TPSA) is 38.0 Å². The van der Waals surface area contributed by atoms with Gasteiger partial charge in [0.2, 0.25) is 0 Å². The zero-order valence-electron chi connectivity index (χ0n) is 17.9. The van der Waals surface area contributed by atoms with Crippen LogP contribution in [0.15, 0.2) is 36.7 Å². The maximum absolute atomic E-state index is 5.93. The predicted molar refractivity (Wildman–Crippen MR) is 117 cm³/mol.